The van der Waals surface area contributed by atoms with E-state index in [0.29, 0.717) is 26.2 Å². The molecule has 0 saturated carbocycles. The molecule has 124 valence electrons. The average molecular weight is 330 g/mol. The molecule has 1 aliphatic heterocycles. The first kappa shape index (κ1) is 16.9. The molecule has 1 N–H and O–H groups in total. The molecule has 0 aromatic carbocycles. The van der Waals surface area contributed by atoms with E-state index in [1.807, 2.05) is 12.3 Å². The fourth-order valence-electron chi connectivity index (χ4n) is 2.35. The van der Waals surface area contributed by atoms with Crippen molar-refractivity contribution < 1.29 is 17.9 Å². The van der Waals surface area contributed by atoms with Crippen LogP contribution in [0, 0.1) is 0 Å². The summed E-state index contributed by atoms with van der Waals surface area (Å²) in [6.45, 7) is 2.46. The number of ether oxygens (including phenoxy) is 1. The predicted molar refractivity (Wildman–Crippen MR) is 80.6 cm³/mol. The summed E-state index contributed by atoms with van der Waals surface area (Å²) in [5.41, 5.74) is 0. The zero-order valence-electron chi connectivity index (χ0n) is 12.6. The van der Waals surface area contributed by atoms with Gasteiger partial charge in [-0.15, -0.1) is 0 Å². The van der Waals surface area contributed by atoms with Gasteiger partial charge in [0.1, 0.15) is 0 Å². The Labute approximate surface area is 130 Å². The number of rotatable bonds is 6. The summed E-state index contributed by atoms with van der Waals surface area (Å²) in [4.78, 5) is 13.9. The van der Waals surface area contributed by atoms with E-state index in [-0.39, 0.29) is 25.0 Å². The summed E-state index contributed by atoms with van der Waals surface area (Å²) in [6, 6.07) is 1.84. The molecule has 2 rings (SSSR count). The first-order chi connectivity index (χ1) is 10.4. The van der Waals surface area contributed by atoms with Crippen LogP contribution in [0.1, 0.15) is 12.8 Å². The third-order valence-electron chi connectivity index (χ3n) is 3.36. The van der Waals surface area contributed by atoms with Crippen molar-refractivity contribution in [3.05, 3.63) is 18.5 Å². The molecule has 1 atom stereocenters. The van der Waals surface area contributed by atoms with Crippen LogP contribution in [-0.4, -0.2) is 67.6 Å². The molecule has 1 fully saturated rings. The monoisotopic (exact) mass is 330 g/mol. The maximum Gasteiger partial charge on any atom is 0.223 e. The molecular formula is C13H22N4O4S. The normalized spacial score (nSPS) is 19.9. The molecule has 1 aromatic rings. The van der Waals surface area contributed by atoms with Crippen molar-refractivity contribution in [2.75, 3.05) is 32.5 Å². The largest absolute Gasteiger partial charge is 0.374 e. The SMILES string of the molecule is CS(=O)(=O)NCCC(=O)N1CCCO[C@H](Cn2cccn2)C1. The number of carbonyl (C=O) groups is 1. The number of sulfonamides is 1. The number of hydrogen-bond donors (Lipinski definition) is 1. The van der Waals surface area contributed by atoms with Crippen LogP contribution in [-0.2, 0) is 26.1 Å². The van der Waals surface area contributed by atoms with Crippen LogP contribution in [0.4, 0.5) is 0 Å². The van der Waals surface area contributed by atoms with Gasteiger partial charge in [-0.05, 0) is 12.5 Å². The van der Waals surface area contributed by atoms with E-state index in [1.165, 1.54) is 0 Å². The van der Waals surface area contributed by atoms with Crippen molar-refractivity contribution in [2.24, 2.45) is 0 Å². The van der Waals surface area contributed by atoms with Crippen LogP contribution in [0.3, 0.4) is 0 Å². The van der Waals surface area contributed by atoms with Gasteiger partial charge in [-0.1, -0.05) is 0 Å². The highest BCUT2D eigenvalue weighted by Gasteiger charge is 2.22. The second-order valence-electron chi connectivity index (χ2n) is 5.33. The molecule has 22 heavy (non-hydrogen) atoms. The highest BCUT2D eigenvalue weighted by molar-refractivity contribution is 7.88. The van der Waals surface area contributed by atoms with Crippen molar-refractivity contribution in [1.82, 2.24) is 19.4 Å². The lowest BCUT2D eigenvalue weighted by Gasteiger charge is -2.24. The minimum Gasteiger partial charge on any atom is -0.374 e. The van der Waals surface area contributed by atoms with E-state index in [0.717, 1.165) is 12.7 Å². The van der Waals surface area contributed by atoms with Crippen LogP contribution in [0.15, 0.2) is 18.5 Å². The van der Waals surface area contributed by atoms with Gasteiger partial charge in [-0.25, -0.2) is 13.1 Å². The smallest absolute Gasteiger partial charge is 0.223 e. The molecule has 0 bridgehead atoms. The first-order valence-corrected chi connectivity index (χ1v) is 9.14. The Hall–Kier alpha value is -1.45. The van der Waals surface area contributed by atoms with Crippen molar-refractivity contribution in [3.63, 3.8) is 0 Å². The minimum atomic E-state index is -3.26. The van der Waals surface area contributed by atoms with E-state index < -0.39 is 10.0 Å². The molecule has 2 heterocycles. The molecule has 1 amide bonds. The van der Waals surface area contributed by atoms with Crippen molar-refractivity contribution in [3.8, 4) is 0 Å². The Morgan fingerprint density at radius 3 is 3.00 bits per heavy atom. The highest BCUT2D eigenvalue weighted by atomic mass is 32.2. The van der Waals surface area contributed by atoms with Gasteiger partial charge >= 0.3 is 0 Å². The van der Waals surface area contributed by atoms with Gasteiger partial charge in [0.25, 0.3) is 0 Å². The molecular weight excluding hydrogens is 308 g/mol. The standard InChI is InChI=1S/C13H22N4O4S/c1-22(19,20)15-6-4-13(18)16-7-3-9-21-12(10-16)11-17-8-2-5-14-17/h2,5,8,12,15H,3-4,6-7,9-11H2,1H3/t12-/m0/s1. The summed E-state index contributed by atoms with van der Waals surface area (Å²) >= 11 is 0. The molecule has 1 aromatic heterocycles. The van der Waals surface area contributed by atoms with Gasteiger partial charge < -0.3 is 9.64 Å². The number of carbonyl (C=O) groups excluding carboxylic acids is 1. The van der Waals surface area contributed by atoms with Gasteiger partial charge in [0.15, 0.2) is 0 Å². The van der Waals surface area contributed by atoms with Crippen LogP contribution in [0.5, 0.6) is 0 Å². The Balaban J connectivity index is 1.84. The van der Waals surface area contributed by atoms with Gasteiger partial charge in [0, 0.05) is 45.1 Å². The van der Waals surface area contributed by atoms with Gasteiger partial charge in [0.05, 0.1) is 18.9 Å². The molecule has 1 saturated heterocycles. The van der Waals surface area contributed by atoms with Crippen LogP contribution in [0.2, 0.25) is 0 Å². The quantitative estimate of drug-likeness (QED) is 0.755. The van der Waals surface area contributed by atoms with Crippen molar-refractivity contribution >= 4 is 15.9 Å². The molecule has 0 spiro atoms. The van der Waals surface area contributed by atoms with Crippen molar-refractivity contribution in [1.29, 1.82) is 0 Å². The number of amides is 1. The lowest BCUT2D eigenvalue weighted by molar-refractivity contribution is -0.131. The summed E-state index contributed by atoms with van der Waals surface area (Å²) in [7, 11) is -3.26. The third-order valence-corrected chi connectivity index (χ3v) is 4.08. The van der Waals surface area contributed by atoms with Gasteiger partial charge in [-0.3, -0.25) is 9.48 Å². The van der Waals surface area contributed by atoms with Crippen LogP contribution in [0.25, 0.3) is 0 Å². The van der Waals surface area contributed by atoms with E-state index in [4.69, 9.17) is 4.74 Å². The molecule has 0 radical (unpaired) electrons. The fraction of sp³-hybridized carbons (Fsp3) is 0.692. The fourth-order valence-corrected chi connectivity index (χ4v) is 2.82. The van der Waals surface area contributed by atoms with Gasteiger partial charge in [0.2, 0.25) is 15.9 Å². The lowest BCUT2D eigenvalue weighted by Crippen LogP contribution is -2.40. The third kappa shape index (κ3) is 5.74. The summed E-state index contributed by atoms with van der Waals surface area (Å²) in [5, 5.41) is 4.14. The maximum atomic E-state index is 12.2. The Kier molecular flexibility index (Phi) is 5.92. The van der Waals surface area contributed by atoms with E-state index in [9.17, 15) is 13.2 Å². The molecule has 8 nitrogen and oxygen atoms in total. The first-order valence-electron chi connectivity index (χ1n) is 7.25. The minimum absolute atomic E-state index is 0.0629. The maximum absolute atomic E-state index is 12.2. The van der Waals surface area contributed by atoms with Crippen molar-refractivity contribution in [2.45, 2.75) is 25.5 Å². The molecule has 0 aliphatic carbocycles. The summed E-state index contributed by atoms with van der Waals surface area (Å²) in [6.07, 6.45) is 5.47. The number of nitrogens with zero attached hydrogens (tertiary/aromatic N) is 3. The Bertz CT molecular complexity index is 573. The number of hydrogen-bond acceptors (Lipinski definition) is 5. The van der Waals surface area contributed by atoms with Gasteiger partial charge in [-0.2, -0.15) is 5.10 Å². The molecule has 0 unspecified atom stereocenters. The molecule has 9 heteroatoms. The predicted octanol–water partition coefficient (Wildman–Crippen LogP) is -0.560. The zero-order chi connectivity index (χ0) is 16.0. The van der Waals surface area contributed by atoms with Crippen LogP contribution < -0.4 is 4.72 Å². The molecule has 1 aliphatic rings. The highest BCUT2D eigenvalue weighted by Crippen LogP contribution is 2.09. The van der Waals surface area contributed by atoms with E-state index in [1.54, 1.807) is 15.8 Å². The lowest BCUT2D eigenvalue weighted by atomic mass is 10.3. The summed E-state index contributed by atoms with van der Waals surface area (Å²) in [5.74, 6) is -0.0629. The Morgan fingerprint density at radius 2 is 2.32 bits per heavy atom. The van der Waals surface area contributed by atoms with Crippen LogP contribution >= 0.6 is 0 Å². The average Bonchev–Trinajstić information content (AvgIpc) is 2.81. The number of nitrogens with one attached hydrogen (secondary N) is 1. The zero-order valence-corrected chi connectivity index (χ0v) is 13.5. The second-order valence-corrected chi connectivity index (χ2v) is 7.16. The summed E-state index contributed by atoms with van der Waals surface area (Å²) < 4.78 is 31.9. The van der Waals surface area contributed by atoms with E-state index in [2.05, 4.69) is 9.82 Å². The Morgan fingerprint density at radius 1 is 1.50 bits per heavy atom. The van der Waals surface area contributed by atoms with E-state index >= 15 is 0 Å². The topological polar surface area (TPSA) is 93.5 Å². The number of aromatic nitrogens is 2. The second kappa shape index (κ2) is 7.70.